The van der Waals surface area contributed by atoms with Crippen LogP contribution in [0, 0.1) is 17.8 Å². The number of aliphatic hydroxyl groups is 1. The van der Waals surface area contributed by atoms with E-state index in [1.54, 1.807) is 30.3 Å². The van der Waals surface area contributed by atoms with Gasteiger partial charge in [0.2, 0.25) is 0 Å². The third-order valence-corrected chi connectivity index (χ3v) is 5.57. The SMILES string of the molecule is CC(C)C[C@@H](N)C(=O)C(C(=O)OCc1ccccc1)C(C)C(N)C(O)S(=O)(=O)O.[NaH]. The molecular weight excluding hydrogens is 423 g/mol. The maximum absolute atomic E-state index is 12.9. The number of esters is 1. The van der Waals surface area contributed by atoms with E-state index in [1.807, 2.05) is 13.8 Å². The standard InChI is InChI=1S/C19H30N2O7S.Na.H/c1-11(2)9-14(20)17(22)15(12(3)16(21)19(24)29(25,26)27)18(23)28-10-13-7-5-4-6-8-13;;/h4-8,11-12,14-16,19,24H,9-10,20-21H2,1-3H3,(H,25,26,27);;/t12?,14-,15?,16?,19?;;/m1../s1. The Morgan fingerprint density at radius 1 is 1.10 bits per heavy atom. The number of hydrogen-bond donors (Lipinski definition) is 4. The van der Waals surface area contributed by atoms with E-state index in [-0.39, 0.29) is 42.1 Å². The van der Waals surface area contributed by atoms with E-state index in [4.69, 9.17) is 20.8 Å². The number of nitrogens with two attached hydrogens (primary N) is 2. The van der Waals surface area contributed by atoms with Crippen LogP contribution in [0.15, 0.2) is 30.3 Å². The molecule has 6 N–H and O–H groups in total. The molecule has 1 aromatic carbocycles. The van der Waals surface area contributed by atoms with Crippen molar-refractivity contribution in [3.63, 3.8) is 0 Å². The van der Waals surface area contributed by atoms with Crippen LogP contribution in [0.3, 0.4) is 0 Å². The minimum absolute atomic E-state index is 0. The monoisotopic (exact) mass is 454 g/mol. The van der Waals surface area contributed by atoms with Crippen molar-refractivity contribution in [3.05, 3.63) is 35.9 Å². The Bertz CT molecular complexity index is 789. The molecule has 0 aliphatic carbocycles. The van der Waals surface area contributed by atoms with Crippen LogP contribution < -0.4 is 11.5 Å². The molecule has 0 saturated heterocycles. The molecule has 0 aliphatic heterocycles. The third-order valence-electron chi connectivity index (χ3n) is 4.64. The fourth-order valence-electron chi connectivity index (χ4n) is 2.94. The Morgan fingerprint density at radius 3 is 2.10 bits per heavy atom. The average molecular weight is 455 g/mol. The molecule has 4 unspecified atom stereocenters. The summed E-state index contributed by atoms with van der Waals surface area (Å²) in [6.45, 7) is 4.93. The zero-order valence-corrected chi connectivity index (χ0v) is 17.6. The molecule has 0 saturated carbocycles. The van der Waals surface area contributed by atoms with Crippen molar-refractivity contribution < 1.29 is 32.4 Å². The molecule has 0 aliphatic rings. The number of rotatable bonds is 11. The van der Waals surface area contributed by atoms with Gasteiger partial charge in [-0.1, -0.05) is 51.1 Å². The summed E-state index contributed by atoms with van der Waals surface area (Å²) in [6.07, 6.45) is 0.296. The summed E-state index contributed by atoms with van der Waals surface area (Å²) in [4.78, 5) is 25.6. The summed E-state index contributed by atoms with van der Waals surface area (Å²) in [7, 11) is -4.89. The van der Waals surface area contributed by atoms with E-state index in [0.717, 1.165) is 0 Å². The summed E-state index contributed by atoms with van der Waals surface area (Å²) in [5, 5.41) is 9.77. The first-order valence-corrected chi connectivity index (χ1v) is 10.8. The van der Waals surface area contributed by atoms with Crippen molar-refractivity contribution in [1.82, 2.24) is 0 Å². The van der Waals surface area contributed by atoms with E-state index >= 15 is 0 Å². The van der Waals surface area contributed by atoms with Gasteiger partial charge in [-0.15, -0.1) is 0 Å². The summed E-state index contributed by atoms with van der Waals surface area (Å²) in [5.74, 6) is -4.19. The molecule has 11 heteroatoms. The molecule has 0 radical (unpaired) electrons. The second kappa shape index (κ2) is 12.9. The number of carbonyl (C=O) groups excluding carboxylic acids is 2. The Kier molecular flexibility index (Phi) is 12.5. The number of aliphatic hydroxyl groups excluding tert-OH is 1. The van der Waals surface area contributed by atoms with Gasteiger partial charge < -0.3 is 21.3 Å². The quantitative estimate of drug-likeness (QED) is 0.153. The van der Waals surface area contributed by atoms with Crippen LogP contribution in [-0.4, -0.2) is 76.9 Å². The van der Waals surface area contributed by atoms with Crippen molar-refractivity contribution in [1.29, 1.82) is 0 Å². The van der Waals surface area contributed by atoms with Crippen LogP contribution in [0.1, 0.15) is 32.8 Å². The summed E-state index contributed by atoms with van der Waals surface area (Å²) in [5.41, 5.74) is 10.0. The van der Waals surface area contributed by atoms with Crippen LogP contribution in [-0.2, 0) is 31.1 Å². The van der Waals surface area contributed by atoms with Gasteiger partial charge in [0.15, 0.2) is 11.2 Å². The fourth-order valence-corrected chi connectivity index (χ4v) is 3.59. The molecule has 1 aromatic rings. The number of ether oxygens (including phenoxy) is 1. The second-order valence-corrected chi connectivity index (χ2v) is 9.06. The van der Waals surface area contributed by atoms with Gasteiger partial charge >= 0.3 is 35.5 Å². The summed E-state index contributed by atoms with van der Waals surface area (Å²) < 4.78 is 36.8. The molecule has 0 bridgehead atoms. The van der Waals surface area contributed by atoms with Crippen molar-refractivity contribution >= 4 is 51.4 Å². The summed E-state index contributed by atoms with van der Waals surface area (Å²) in [6, 6.07) is 6.14. The van der Waals surface area contributed by atoms with Crippen molar-refractivity contribution in [2.24, 2.45) is 29.2 Å². The van der Waals surface area contributed by atoms with E-state index in [0.29, 0.717) is 12.0 Å². The Hall–Kier alpha value is -0.850. The molecule has 0 heterocycles. The molecular formula is C19H31N2NaO7S. The molecule has 30 heavy (non-hydrogen) atoms. The van der Waals surface area contributed by atoms with Gasteiger partial charge in [0.05, 0.1) is 12.1 Å². The molecule has 5 atom stereocenters. The predicted molar refractivity (Wildman–Crippen MR) is 114 cm³/mol. The number of ketones is 1. The number of Topliss-reactive ketones (excluding diaryl/α,β-unsaturated/α-hetero) is 1. The summed E-state index contributed by atoms with van der Waals surface area (Å²) >= 11 is 0. The molecule has 0 spiro atoms. The van der Waals surface area contributed by atoms with E-state index < -0.39 is 51.2 Å². The first-order chi connectivity index (χ1) is 13.4. The Labute approximate surface area is 199 Å². The second-order valence-electron chi connectivity index (χ2n) is 7.55. The van der Waals surface area contributed by atoms with Gasteiger partial charge in [-0.25, -0.2) is 0 Å². The Balaban J connectivity index is 0.00000841. The van der Waals surface area contributed by atoms with Gasteiger partial charge in [-0.05, 0) is 23.8 Å². The third kappa shape index (κ3) is 8.72. The van der Waals surface area contributed by atoms with Gasteiger partial charge in [0.25, 0.3) is 10.1 Å². The van der Waals surface area contributed by atoms with Gasteiger partial charge in [-0.2, -0.15) is 8.42 Å². The Morgan fingerprint density at radius 2 is 1.63 bits per heavy atom. The molecule has 0 amide bonds. The van der Waals surface area contributed by atoms with Crippen molar-refractivity contribution in [3.8, 4) is 0 Å². The zero-order chi connectivity index (χ0) is 22.4. The first-order valence-electron chi connectivity index (χ1n) is 9.26. The van der Waals surface area contributed by atoms with Crippen molar-refractivity contribution in [2.45, 2.75) is 51.3 Å². The van der Waals surface area contributed by atoms with Crippen molar-refractivity contribution in [2.75, 3.05) is 0 Å². The van der Waals surface area contributed by atoms with Crippen LogP contribution in [0.25, 0.3) is 0 Å². The maximum atomic E-state index is 12.9. The van der Waals surface area contributed by atoms with Gasteiger partial charge in [0.1, 0.15) is 12.5 Å². The number of hydrogen-bond acceptors (Lipinski definition) is 8. The number of benzene rings is 1. The van der Waals surface area contributed by atoms with E-state index in [1.165, 1.54) is 6.92 Å². The van der Waals surface area contributed by atoms with E-state index in [9.17, 15) is 23.1 Å². The topological polar surface area (TPSA) is 170 Å². The molecule has 166 valence electrons. The normalized spacial score (nSPS) is 16.7. The molecule has 0 aromatic heterocycles. The average Bonchev–Trinajstić information content (AvgIpc) is 2.64. The predicted octanol–water partition coefficient (Wildman–Crippen LogP) is -0.190. The number of carbonyl (C=O) groups is 2. The molecule has 0 fully saturated rings. The molecule has 1 rings (SSSR count). The van der Waals surface area contributed by atoms with Gasteiger partial charge in [-0.3, -0.25) is 14.1 Å². The van der Waals surface area contributed by atoms with Crippen LogP contribution in [0.4, 0.5) is 0 Å². The first kappa shape index (κ1) is 29.1. The fraction of sp³-hybridized carbons (Fsp3) is 0.579. The van der Waals surface area contributed by atoms with Gasteiger partial charge in [0, 0.05) is 0 Å². The minimum atomic E-state index is -4.89. The molecule has 9 nitrogen and oxygen atoms in total. The van der Waals surface area contributed by atoms with Crippen LogP contribution in [0.2, 0.25) is 0 Å². The van der Waals surface area contributed by atoms with Crippen LogP contribution >= 0.6 is 0 Å². The zero-order valence-electron chi connectivity index (χ0n) is 16.8. The van der Waals surface area contributed by atoms with E-state index in [2.05, 4.69) is 0 Å². The van der Waals surface area contributed by atoms with Crippen LogP contribution in [0.5, 0.6) is 0 Å².